The van der Waals surface area contributed by atoms with Crippen LogP contribution in [-0.2, 0) is 11.2 Å². The molecule has 2 aromatic carbocycles. The molecule has 146 valence electrons. The molecule has 0 aliphatic carbocycles. The van der Waals surface area contributed by atoms with Gasteiger partial charge in [-0.15, -0.1) is 0 Å². The highest BCUT2D eigenvalue weighted by atomic mass is 35.5. The van der Waals surface area contributed by atoms with Gasteiger partial charge >= 0.3 is 5.92 Å². The Bertz CT molecular complexity index is 793. The second-order valence-electron chi connectivity index (χ2n) is 6.85. The molecule has 3 N–H and O–H groups in total. The maximum absolute atomic E-state index is 13.9. The zero-order valence-electron chi connectivity index (χ0n) is 14.6. The average Bonchev–Trinajstić information content (AvgIpc) is 2.64. The minimum Gasteiger partial charge on any atom is -0.393 e. The van der Waals surface area contributed by atoms with E-state index in [4.69, 9.17) is 16.3 Å². The van der Waals surface area contributed by atoms with Crippen LogP contribution in [0.1, 0.15) is 28.4 Å². The highest BCUT2D eigenvalue weighted by Crippen LogP contribution is 2.41. The van der Waals surface area contributed by atoms with Gasteiger partial charge in [-0.3, -0.25) is 0 Å². The van der Waals surface area contributed by atoms with Crippen molar-refractivity contribution in [3.8, 4) is 0 Å². The molecule has 1 heterocycles. The number of ether oxygens (including phenoxy) is 1. The highest BCUT2D eigenvalue weighted by molar-refractivity contribution is 6.31. The second-order valence-corrected chi connectivity index (χ2v) is 7.26. The van der Waals surface area contributed by atoms with Crippen molar-refractivity contribution in [3.63, 3.8) is 0 Å². The van der Waals surface area contributed by atoms with Gasteiger partial charge in [0.1, 0.15) is 24.4 Å². The van der Waals surface area contributed by atoms with Crippen molar-refractivity contribution < 1.29 is 28.8 Å². The van der Waals surface area contributed by atoms with E-state index >= 15 is 0 Å². The first kappa shape index (κ1) is 20.2. The lowest BCUT2D eigenvalue weighted by Crippen LogP contribution is -2.59. The van der Waals surface area contributed by atoms with Gasteiger partial charge in [-0.1, -0.05) is 53.6 Å². The largest absolute Gasteiger partial charge is 0.393 e. The molecule has 3 rings (SSSR count). The summed E-state index contributed by atoms with van der Waals surface area (Å²) in [7, 11) is 0. The molecule has 2 aromatic rings. The van der Waals surface area contributed by atoms with Crippen LogP contribution in [0.2, 0.25) is 5.02 Å². The first-order chi connectivity index (χ1) is 12.7. The van der Waals surface area contributed by atoms with E-state index in [0.29, 0.717) is 17.0 Å². The topological polar surface area (TPSA) is 69.9 Å². The van der Waals surface area contributed by atoms with E-state index in [0.717, 1.165) is 16.7 Å². The number of alkyl halides is 2. The maximum atomic E-state index is 13.9. The number of halogens is 3. The van der Waals surface area contributed by atoms with E-state index in [1.165, 1.54) is 0 Å². The number of rotatable bonds is 4. The van der Waals surface area contributed by atoms with Crippen LogP contribution >= 0.6 is 11.6 Å². The lowest BCUT2D eigenvalue weighted by molar-refractivity contribution is -0.296. The van der Waals surface area contributed by atoms with Gasteiger partial charge < -0.3 is 20.1 Å². The van der Waals surface area contributed by atoms with Crippen molar-refractivity contribution in [2.75, 3.05) is 6.61 Å². The van der Waals surface area contributed by atoms with E-state index in [2.05, 4.69) is 0 Å². The lowest BCUT2D eigenvalue weighted by Gasteiger charge is -2.42. The van der Waals surface area contributed by atoms with Crippen LogP contribution < -0.4 is 0 Å². The Kier molecular flexibility index (Phi) is 5.84. The zero-order chi connectivity index (χ0) is 19.8. The number of hydrogen-bond donors (Lipinski definition) is 3. The van der Waals surface area contributed by atoms with Gasteiger partial charge in [-0.2, -0.15) is 0 Å². The molecule has 4 nitrogen and oxygen atoms in total. The molecule has 1 fully saturated rings. The number of aryl methyl sites for hydroxylation is 1. The van der Waals surface area contributed by atoms with Gasteiger partial charge in [0.2, 0.25) is 0 Å². The molecule has 27 heavy (non-hydrogen) atoms. The average molecular weight is 399 g/mol. The summed E-state index contributed by atoms with van der Waals surface area (Å²) in [5, 5.41) is 29.6. The fraction of sp³-hybridized carbons (Fsp3) is 0.400. The molecule has 1 saturated heterocycles. The molecule has 1 aliphatic rings. The quantitative estimate of drug-likeness (QED) is 0.740. The Balaban J connectivity index is 1.89. The van der Waals surface area contributed by atoms with E-state index < -0.39 is 36.9 Å². The number of benzene rings is 2. The lowest BCUT2D eigenvalue weighted by atomic mass is 9.89. The van der Waals surface area contributed by atoms with Gasteiger partial charge in [-0.05, 0) is 36.1 Å². The smallest absolute Gasteiger partial charge is 0.303 e. The third kappa shape index (κ3) is 4.00. The van der Waals surface area contributed by atoms with Crippen molar-refractivity contribution in [1.29, 1.82) is 0 Å². The van der Waals surface area contributed by atoms with E-state index in [-0.39, 0.29) is 0 Å². The van der Waals surface area contributed by atoms with Gasteiger partial charge in [0.05, 0.1) is 6.61 Å². The molecule has 0 amide bonds. The summed E-state index contributed by atoms with van der Waals surface area (Å²) in [5.74, 6) is -3.75. The minimum absolute atomic E-state index is 0.405. The van der Waals surface area contributed by atoms with Crippen LogP contribution in [0.4, 0.5) is 8.78 Å². The number of aliphatic hydroxyl groups excluding tert-OH is 3. The third-order valence-electron chi connectivity index (χ3n) is 4.85. The number of hydrogen-bond acceptors (Lipinski definition) is 4. The fourth-order valence-corrected chi connectivity index (χ4v) is 3.39. The maximum Gasteiger partial charge on any atom is 0.303 e. The summed E-state index contributed by atoms with van der Waals surface area (Å²) >= 11 is 6.27. The summed E-state index contributed by atoms with van der Waals surface area (Å²) in [6, 6.07) is 12.7. The van der Waals surface area contributed by atoms with Crippen molar-refractivity contribution in [2.24, 2.45) is 0 Å². The molecule has 0 bridgehead atoms. The SMILES string of the molecule is Cc1ccc(Cc2cc([C@H]3O[C@@H](CO)C(F)(F)[C@H](O)[C@H]3O)ccc2Cl)cc1. The molecule has 0 saturated carbocycles. The molecule has 0 aromatic heterocycles. The summed E-state index contributed by atoms with van der Waals surface area (Å²) in [6.07, 6.45) is -6.78. The van der Waals surface area contributed by atoms with Crippen LogP contribution in [-0.4, -0.2) is 46.2 Å². The molecule has 0 spiro atoms. The summed E-state index contributed by atoms with van der Waals surface area (Å²) in [5.41, 5.74) is 3.29. The third-order valence-corrected chi connectivity index (χ3v) is 5.22. The van der Waals surface area contributed by atoms with Gasteiger partial charge in [0, 0.05) is 5.02 Å². The molecule has 0 radical (unpaired) electrons. The number of aliphatic hydroxyl groups is 3. The van der Waals surface area contributed by atoms with Gasteiger partial charge in [0.15, 0.2) is 0 Å². The van der Waals surface area contributed by atoms with Crippen LogP contribution in [0.3, 0.4) is 0 Å². The Morgan fingerprint density at radius 1 is 1.11 bits per heavy atom. The van der Waals surface area contributed by atoms with Crippen molar-refractivity contribution >= 4 is 11.6 Å². The molecular formula is C20H21ClF2O4. The van der Waals surface area contributed by atoms with Crippen LogP contribution in [0.5, 0.6) is 0 Å². The first-order valence-corrected chi connectivity index (χ1v) is 8.96. The molecule has 0 unspecified atom stereocenters. The fourth-order valence-electron chi connectivity index (χ4n) is 3.21. The van der Waals surface area contributed by atoms with Crippen LogP contribution in [0, 0.1) is 6.92 Å². The van der Waals surface area contributed by atoms with Crippen molar-refractivity contribution in [2.45, 2.75) is 43.7 Å². The monoisotopic (exact) mass is 398 g/mol. The predicted molar refractivity (Wildman–Crippen MR) is 97.1 cm³/mol. The normalized spacial score (nSPS) is 27.5. The predicted octanol–water partition coefficient (Wildman–Crippen LogP) is 3.03. The van der Waals surface area contributed by atoms with Crippen LogP contribution in [0.15, 0.2) is 42.5 Å². The molecule has 4 atom stereocenters. The van der Waals surface area contributed by atoms with E-state index in [9.17, 15) is 24.1 Å². The molecule has 1 aliphatic heterocycles. The van der Waals surface area contributed by atoms with Crippen LogP contribution in [0.25, 0.3) is 0 Å². The Labute approximate surface area is 161 Å². The van der Waals surface area contributed by atoms with Gasteiger partial charge in [-0.25, -0.2) is 8.78 Å². The standard InChI is InChI=1S/C20H21ClF2O4/c1-11-2-4-12(5-3-11)8-14-9-13(6-7-15(14)21)18-17(25)19(26)20(22,23)16(10-24)27-18/h2-7,9,16-19,24-26H,8,10H2,1H3/t16-,17-,18+,19+/m0/s1. The van der Waals surface area contributed by atoms with Crippen molar-refractivity contribution in [3.05, 3.63) is 69.7 Å². The first-order valence-electron chi connectivity index (χ1n) is 8.58. The minimum atomic E-state index is -3.75. The Hall–Kier alpha value is -1.57. The molecular weight excluding hydrogens is 378 g/mol. The second kappa shape index (κ2) is 7.81. The summed E-state index contributed by atoms with van der Waals surface area (Å²) < 4.78 is 33.1. The molecule has 7 heteroatoms. The Morgan fingerprint density at radius 2 is 1.78 bits per heavy atom. The van der Waals surface area contributed by atoms with Crippen molar-refractivity contribution in [1.82, 2.24) is 0 Å². The summed E-state index contributed by atoms with van der Waals surface area (Å²) in [4.78, 5) is 0. The zero-order valence-corrected chi connectivity index (χ0v) is 15.4. The van der Waals surface area contributed by atoms with E-state index in [1.54, 1.807) is 18.2 Å². The summed E-state index contributed by atoms with van der Waals surface area (Å²) in [6.45, 7) is 1.01. The highest BCUT2D eigenvalue weighted by Gasteiger charge is 2.57. The van der Waals surface area contributed by atoms with E-state index in [1.807, 2.05) is 31.2 Å². The Morgan fingerprint density at radius 3 is 2.41 bits per heavy atom. The van der Waals surface area contributed by atoms with Gasteiger partial charge in [0.25, 0.3) is 0 Å².